The van der Waals surface area contributed by atoms with Crippen molar-refractivity contribution in [2.24, 2.45) is 4.99 Å². The fraction of sp³-hybridized carbons (Fsp3) is 0.478. The summed E-state index contributed by atoms with van der Waals surface area (Å²) in [6.45, 7) is 7.51. The van der Waals surface area contributed by atoms with Crippen LogP contribution in [0.4, 0.5) is 5.69 Å². The van der Waals surface area contributed by atoms with Crippen molar-refractivity contribution >= 4 is 11.6 Å². The van der Waals surface area contributed by atoms with Gasteiger partial charge in [0.2, 0.25) is 0 Å². The Morgan fingerprint density at radius 1 is 0.931 bits per heavy atom. The number of unbranched alkanes of at least 4 members (excludes halogenated alkanes) is 1. The van der Waals surface area contributed by atoms with Gasteiger partial charge in [0.25, 0.3) is 0 Å². The average molecular weight is 395 g/mol. The predicted octanol–water partition coefficient (Wildman–Crippen LogP) is 2.39. The normalized spacial score (nSPS) is 15.3. The lowest BCUT2D eigenvalue weighted by atomic mass is 10.2. The van der Waals surface area contributed by atoms with E-state index >= 15 is 0 Å². The Bertz CT molecular complexity index is 711. The van der Waals surface area contributed by atoms with Crippen molar-refractivity contribution in [1.82, 2.24) is 20.5 Å². The molecule has 2 aromatic rings. The molecule has 1 saturated heterocycles. The molecular weight excluding hydrogens is 360 g/mol. The molecule has 0 amide bonds. The summed E-state index contributed by atoms with van der Waals surface area (Å²) in [4.78, 5) is 13.7. The number of pyridine rings is 1. The fourth-order valence-electron chi connectivity index (χ4n) is 3.61. The summed E-state index contributed by atoms with van der Waals surface area (Å²) in [5.41, 5.74) is 2.45. The minimum atomic E-state index is 0.836. The van der Waals surface area contributed by atoms with E-state index in [0.717, 1.165) is 63.8 Å². The van der Waals surface area contributed by atoms with Crippen LogP contribution < -0.4 is 15.5 Å². The summed E-state index contributed by atoms with van der Waals surface area (Å²) in [6.07, 6.45) is 5.10. The zero-order valence-corrected chi connectivity index (χ0v) is 17.6. The van der Waals surface area contributed by atoms with Crippen LogP contribution in [0.5, 0.6) is 0 Å². The Morgan fingerprint density at radius 3 is 2.41 bits per heavy atom. The van der Waals surface area contributed by atoms with Gasteiger partial charge in [-0.25, -0.2) is 0 Å². The van der Waals surface area contributed by atoms with Gasteiger partial charge in [-0.15, -0.1) is 0 Å². The molecule has 0 saturated carbocycles. The van der Waals surface area contributed by atoms with E-state index in [-0.39, 0.29) is 0 Å². The summed E-state index contributed by atoms with van der Waals surface area (Å²) in [5, 5.41) is 6.78. The standard InChI is InChI=1S/C23H34N6/c1-24-23(27-15-12-21-9-5-6-13-25-21)26-14-7-8-16-28-17-19-29(20-18-28)22-10-3-2-4-11-22/h2-6,9-11,13H,7-8,12,14-20H2,1H3,(H2,24,26,27). The highest BCUT2D eigenvalue weighted by molar-refractivity contribution is 5.79. The molecule has 1 fully saturated rings. The van der Waals surface area contributed by atoms with E-state index in [2.05, 4.69) is 66.8 Å². The number of guanidine groups is 1. The molecule has 6 nitrogen and oxygen atoms in total. The highest BCUT2D eigenvalue weighted by Gasteiger charge is 2.16. The van der Waals surface area contributed by atoms with Gasteiger partial charge in [0.15, 0.2) is 5.96 Å². The first-order valence-electron chi connectivity index (χ1n) is 10.7. The third-order valence-corrected chi connectivity index (χ3v) is 5.31. The molecule has 6 heteroatoms. The number of hydrogen-bond donors (Lipinski definition) is 2. The van der Waals surface area contributed by atoms with E-state index in [0.29, 0.717) is 0 Å². The van der Waals surface area contributed by atoms with E-state index < -0.39 is 0 Å². The summed E-state index contributed by atoms with van der Waals surface area (Å²) in [6, 6.07) is 16.8. The van der Waals surface area contributed by atoms with Crippen molar-refractivity contribution in [2.45, 2.75) is 19.3 Å². The first-order valence-corrected chi connectivity index (χ1v) is 10.7. The number of nitrogens with zero attached hydrogens (tertiary/aromatic N) is 4. The number of aromatic nitrogens is 1. The van der Waals surface area contributed by atoms with Crippen LogP contribution in [0.1, 0.15) is 18.5 Å². The van der Waals surface area contributed by atoms with Crippen molar-refractivity contribution in [3.05, 3.63) is 60.4 Å². The zero-order chi connectivity index (χ0) is 20.2. The Hall–Kier alpha value is -2.60. The van der Waals surface area contributed by atoms with Crippen LogP contribution in [0.2, 0.25) is 0 Å². The van der Waals surface area contributed by atoms with E-state index in [1.807, 2.05) is 25.4 Å². The van der Waals surface area contributed by atoms with Crippen LogP contribution in [-0.4, -0.2) is 68.7 Å². The molecule has 1 aromatic carbocycles. The van der Waals surface area contributed by atoms with Crippen molar-refractivity contribution in [3.8, 4) is 0 Å². The lowest BCUT2D eigenvalue weighted by molar-refractivity contribution is 0.253. The Balaban J connectivity index is 1.23. The van der Waals surface area contributed by atoms with E-state index in [1.54, 1.807) is 0 Å². The lowest BCUT2D eigenvalue weighted by Crippen LogP contribution is -2.46. The van der Waals surface area contributed by atoms with Crippen molar-refractivity contribution in [3.63, 3.8) is 0 Å². The Morgan fingerprint density at radius 2 is 1.69 bits per heavy atom. The molecular formula is C23H34N6. The maximum absolute atomic E-state index is 4.35. The number of rotatable bonds is 9. The van der Waals surface area contributed by atoms with Gasteiger partial charge < -0.3 is 15.5 Å². The van der Waals surface area contributed by atoms with Gasteiger partial charge in [-0.2, -0.15) is 0 Å². The third kappa shape index (κ3) is 7.38. The van der Waals surface area contributed by atoms with Gasteiger partial charge in [0, 0.05) is 70.3 Å². The number of benzene rings is 1. The summed E-state index contributed by atoms with van der Waals surface area (Å²) in [7, 11) is 1.82. The monoisotopic (exact) mass is 394 g/mol. The maximum atomic E-state index is 4.35. The van der Waals surface area contributed by atoms with Crippen molar-refractivity contribution in [2.75, 3.05) is 57.8 Å². The number of anilines is 1. The molecule has 0 unspecified atom stereocenters. The molecule has 0 spiro atoms. The number of aliphatic imine (C=N–C) groups is 1. The molecule has 1 aliphatic heterocycles. The smallest absolute Gasteiger partial charge is 0.190 e. The Kier molecular flexibility index (Phi) is 8.79. The first kappa shape index (κ1) is 21.1. The van der Waals surface area contributed by atoms with Gasteiger partial charge >= 0.3 is 0 Å². The van der Waals surface area contributed by atoms with Gasteiger partial charge in [-0.1, -0.05) is 24.3 Å². The summed E-state index contributed by atoms with van der Waals surface area (Å²) >= 11 is 0. The first-order chi connectivity index (χ1) is 14.3. The number of nitrogens with one attached hydrogen (secondary N) is 2. The van der Waals surface area contributed by atoms with E-state index in [9.17, 15) is 0 Å². The molecule has 1 aliphatic rings. The molecule has 156 valence electrons. The highest BCUT2D eigenvalue weighted by Crippen LogP contribution is 2.15. The van der Waals surface area contributed by atoms with E-state index in [1.165, 1.54) is 18.7 Å². The molecule has 1 aromatic heterocycles. The van der Waals surface area contributed by atoms with Gasteiger partial charge in [-0.05, 0) is 43.7 Å². The molecule has 0 atom stereocenters. The maximum Gasteiger partial charge on any atom is 0.190 e. The molecule has 2 N–H and O–H groups in total. The third-order valence-electron chi connectivity index (χ3n) is 5.31. The van der Waals surface area contributed by atoms with Gasteiger partial charge in [-0.3, -0.25) is 14.9 Å². The van der Waals surface area contributed by atoms with Crippen LogP contribution in [0.3, 0.4) is 0 Å². The minimum Gasteiger partial charge on any atom is -0.369 e. The fourth-order valence-corrected chi connectivity index (χ4v) is 3.61. The second kappa shape index (κ2) is 12.1. The number of hydrogen-bond acceptors (Lipinski definition) is 4. The van der Waals surface area contributed by atoms with Crippen LogP contribution in [0.15, 0.2) is 59.7 Å². The number of piperazine rings is 1. The quantitative estimate of drug-likeness (QED) is 0.389. The van der Waals surface area contributed by atoms with Crippen LogP contribution in [0.25, 0.3) is 0 Å². The van der Waals surface area contributed by atoms with Crippen LogP contribution in [-0.2, 0) is 6.42 Å². The number of para-hydroxylation sites is 1. The molecule has 3 rings (SSSR count). The second-order valence-corrected chi connectivity index (χ2v) is 7.37. The molecule has 0 aliphatic carbocycles. The molecule has 0 radical (unpaired) electrons. The van der Waals surface area contributed by atoms with Gasteiger partial charge in [0.05, 0.1) is 0 Å². The molecule has 0 bridgehead atoms. The predicted molar refractivity (Wildman–Crippen MR) is 122 cm³/mol. The Labute approximate surface area is 175 Å². The zero-order valence-electron chi connectivity index (χ0n) is 17.6. The van der Waals surface area contributed by atoms with Gasteiger partial charge in [0.1, 0.15) is 0 Å². The van der Waals surface area contributed by atoms with Crippen molar-refractivity contribution in [1.29, 1.82) is 0 Å². The van der Waals surface area contributed by atoms with Crippen LogP contribution >= 0.6 is 0 Å². The lowest BCUT2D eigenvalue weighted by Gasteiger charge is -2.36. The molecule has 2 heterocycles. The van der Waals surface area contributed by atoms with E-state index in [4.69, 9.17) is 0 Å². The molecule has 29 heavy (non-hydrogen) atoms. The second-order valence-electron chi connectivity index (χ2n) is 7.37. The average Bonchev–Trinajstić information content (AvgIpc) is 2.79. The largest absolute Gasteiger partial charge is 0.369 e. The van der Waals surface area contributed by atoms with Crippen LogP contribution in [0, 0.1) is 0 Å². The summed E-state index contributed by atoms with van der Waals surface area (Å²) < 4.78 is 0. The minimum absolute atomic E-state index is 0.836. The topological polar surface area (TPSA) is 55.8 Å². The van der Waals surface area contributed by atoms with Crippen molar-refractivity contribution < 1.29 is 0 Å². The SMILES string of the molecule is CN=C(NCCCCN1CCN(c2ccccc2)CC1)NCCc1ccccn1. The highest BCUT2D eigenvalue weighted by atomic mass is 15.3. The summed E-state index contributed by atoms with van der Waals surface area (Å²) in [5.74, 6) is 0.873.